The van der Waals surface area contributed by atoms with Gasteiger partial charge in [-0.3, -0.25) is 9.36 Å². The van der Waals surface area contributed by atoms with Gasteiger partial charge in [-0.15, -0.1) is 0 Å². The van der Waals surface area contributed by atoms with Gasteiger partial charge in [0.1, 0.15) is 17.3 Å². The van der Waals surface area contributed by atoms with E-state index in [0.717, 1.165) is 16.3 Å². The van der Waals surface area contributed by atoms with Gasteiger partial charge in [-0.1, -0.05) is 53.8 Å². The second-order valence-electron chi connectivity index (χ2n) is 9.79. The number of thiazole rings is 1. The van der Waals surface area contributed by atoms with E-state index in [0.29, 0.717) is 43.4 Å². The van der Waals surface area contributed by atoms with E-state index in [1.54, 1.807) is 55.9 Å². The third kappa shape index (κ3) is 4.95. The predicted molar refractivity (Wildman–Crippen MR) is 162 cm³/mol. The number of aromatic nitrogens is 1. The number of benzene rings is 3. The van der Waals surface area contributed by atoms with Crippen molar-refractivity contribution >= 4 is 40.1 Å². The zero-order chi connectivity index (χ0) is 30.2. The molecule has 0 fully saturated rings. The second-order valence-corrected chi connectivity index (χ2v) is 10.8. The third-order valence-electron chi connectivity index (χ3n) is 7.27. The molecular formula is C33H26N2O7S. The maximum absolute atomic E-state index is 14.1. The van der Waals surface area contributed by atoms with Gasteiger partial charge in [0, 0.05) is 17.0 Å². The lowest BCUT2D eigenvalue weighted by molar-refractivity contribution is -0.139. The molecule has 1 N–H and O–H groups in total. The Morgan fingerprint density at radius 1 is 1.05 bits per heavy atom. The Bertz CT molecular complexity index is 2120. The molecule has 2 aromatic heterocycles. The van der Waals surface area contributed by atoms with Gasteiger partial charge in [-0.25, -0.2) is 14.6 Å². The average molecular weight is 595 g/mol. The van der Waals surface area contributed by atoms with E-state index in [-0.39, 0.29) is 17.7 Å². The van der Waals surface area contributed by atoms with Crippen LogP contribution >= 0.6 is 11.3 Å². The summed E-state index contributed by atoms with van der Waals surface area (Å²) in [5.74, 6) is 0.0996. The van der Waals surface area contributed by atoms with Crippen LogP contribution in [0.1, 0.15) is 41.6 Å². The lowest BCUT2D eigenvalue weighted by Gasteiger charge is -2.26. The normalized spacial score (nSPS) is 14.9. The van der Waals surface area contributed by atoms with Crippen LogP contribution in [0.15, 0.2) is 98.3 Å². The van der Waals surface area contributed by atoms with Crippen molar-refractivity contribution in [2.75, 3.05) is 13.7 Å². The molecule has 10 heteroatoms. The maximum atomic E-state index is 14.1. The van der Waals surface area contributed by atoms with Crippen LogP contribution in [-0.4, -0.2) is 35.3 Å². The number of carboxylic acids is 1. The highest BCUT2D eigenvalue weighted by molar-refractivity contribution is 7.07. The number of esters is 1. The summed E-state index contributed by atoms with van der Waals surface area (Å²) < 4.78 is 18.9. The van der Waals surface area contributed by atoms with Crippen molar-refractivity contribution in [3.8, 4) is 17.1 Å². The second kappa shape index (κ2) is 11.2. The average Bonchev–Trinajstić information content (AvgIpc) is 3.60. The minimum atomic E-state index is -1.01. The highest BCUT2D eigenvalue weighted by Gasteiger charge is 2.34. The van der Waals surface area contributed by atoms with Crippen molar-refractivity contribution in [3.63, 3.8) is 0 Å². The van der Waals surface area contributed by atoms with Crippen LogP contribution in [0.25, 0.3) is 28.2 Å². The van der Waals surface area contributed by atoms with Crippen LogP contribution in [0, 0.1) is 0 Å². The monoisotopic (exact) mass is 594 g/mol. The van der Waals surface area contributed by atoms with Gasteiger partial charge in [0.25, 0.3) is 5.56 Å². The molecular weight excluding hydrogens is 568 g/mol. The fraction of sp³-hybridized carbons (Fsp3) is 0.152. The summed E-state index contributed by atoms with van der Waals surface area (Å²) >= 11 is 1.20. The number of carboxylic acid groups (broad SMARTS) is 1. The van der Waals surface area contributed by atoms with Crippen molar-refractivity contribution in [3.05, 3.63) is 121 Å². The number of fused-ring (bicyclic) bond motifs is 2. The lowest BCUT2D eigenvalue weighted by atomic mass is 9.91. The number of methoxy groups -OCH3 is 1. The lowest BCUT2D eigenvalue weighted by Crippen LogP contribution is -2.40. The molecule has 0 aliphatic carbocycles. The fourth-order valence-electron chi connectivity index (χ4n) is 5.29. The summed E-state index contributed by atoms with van der Waals surface area (Å²) in [6.07, 6.45) is 1.64. The van der Waals surface area contributed by atoms with E-state index in [2.05, 4.69) is 4.99 Å². The molecule has 0 saturated carbocycles. The van der Waals surface area contributed by atoms with Gasteiger partial charge in [0.05, 0.1) is 41.1 Å². The summed E-state index contributed by atoms with van der Waals surface area (Å²) in [7, 11) is 1.60. The van der Waals surface area contributed by atoms with Crippen LogP contribution < -0.4 is 19.6 Å². The zero-order valence-electron chi connectivity index (χ0n) is 23.5. The van der Waals surface area contributed by atoms with Crippen LogP contribution in [0.5, 0.6) is 5.75 Å². The number of furan rings is 1. The molecule has 1 aliphatic rings. The number of ether oxygens (including phenoxy) is 2. The first-order valence-electron chi connectivity index (χ1n) is 13.5. The quantitative estimate of drug-likeness (QED) is 0.266. The molecule has 0 bridgehead atoms. The summed E-state index contributed by atoms with van der Waals surface area (Å²) in [4.78, 5) is 43.7. The molecule has 6 rings (SSSR count). The van der Waals surface area contributed by atoms with E-state index in [4.69, 9.17) is 19.0 Å². The summed E-state index contributed by atoms with van der Waals surface area (Å²) in [5.41, 5.74) is 2.06. The number of carbonyl (C=O) groups is 2. The Kier molecular flexibility index (Phi) is 7.29. The number of allylic oxidation sites excluding steroid dienone is 1. The molecule has 5 aromatic rings. The van der Waals surface area contributed by atoms with Gasteiger partial charge in [-0.05, 0) is 55.1 Å². The maximum Gasteiger partial charge on any atom is 0.338 e. The molecule has 0 saturated heterocycles. The fourth-order valence-corrected chi connectivity index (χ4v) is 6.32. The van der Waals surface area contributed by atoms with E-state index < -0.39 is 18.0 Å². The van der Waals surface area contributed by atoms with Crippen molar-refractivity contribution in [1.29, 1.82) is 0 Å². The Labute approximate surface area is 249 Å². The van der Waals surface area contributed by atoms with E-state index in [1.807, 2.05) is 36.4 Å². The minimum absolute atomic E-state index is 0.174. The predicted octanol–water partition coefficient (Wildman–Crippen LogP) is 4.92. The molecule has 0 radical (unpaired) electrons. The number of rotatable bonds is 7. The molecule has 9 nitrogen and oxygen atoms in total. The molecule has 3 heterocycles. The molecule has 1 atom stereocenters. The molecule has 216 valence electrons. The summed E-state index contributed by atoms with van der Waals surface area (Å²) in [6, 6.07) is 20.4. The van der Waals surface area contributed by atoms with Crippen molar-refractivity contribution in [2.45, 2.75) is 19.9 Å². The molecule has 1 unspecified atom stereocenters. The highest BCUT2D eigenvalue weighted by Crippen LogP contribution is 2.38. The SMILES string of the molecule is CCOC(=O)C1=C(C)N=c2sc(=Cc3ccc(-c4ccc(C(=O)O)cc4)o3)c(=O)n2C1c1ccc(OC)c2ccccc12. The van der Waals surface area contributed by atoms with Gasteiger partial charge in [0.15, 0.2) is 4.80 Å². The Morgan fingerprint density at radius 2 is 1.79 bits per heavy atom. The third-order valence-corrected chi connectivity index (χ3v) is 8.25. The minimum Gasteiger partial charge on any atom is -0.496 e. The smallest absolute Gasteiger partial charge is 0.338 e. The number of aromatic carboxylic acids is 1. The highest BCUT2D eigenvalue weighted by atomic mass is 32.1. The van der Waals surface area contributed by atoms with Gasteiger partial charge in [-0.2, -0.15) is 0 Å². The Morgan fingerprint density at radius 3 is 2.49 bits per heavy atom. The standard InChI is InChI=1S/C33H26N2O7S/c1-4-41-32(39)28-18(2)34-33-35(29(28)24-14-16-26(40-3)23-8-6-5-7-22(23)24)30(36)27(43-33)17-21-13-15-25(42-21)19-9-11-20(12-10-19)31(37)38/h5-17,29H,4H2,1-3H3,(H,37,38). The number of carbonyl (C=O) groups excluding carboxylic acids is 1. The largest absolute Gasteiger partial charge is 0.496 e. The summed E-state index contributed by atoms with van der Waals surface area (Å²) in [6.45, 7) is 3.66. The van der Waals surface area contributed by atoms with Crippen molar-refractivity contribution < 1.29 is 28.6 Å². The van der Waals surface area contributed by atoms with Gasteiger partial charge in [0.2, 0.25) is 0 Å². The van der Waals surface area contributed by atoms with E-state index in [1.165, 1.54) is 23.5 Å². The summed E-state index contributed by atoms with van der Waals surface area (Å²) in [5, 5.41) is 10.9. The van der Waals surface area contributed by atoms with Gasteiger partial charge < -0.3 is 19.0 Å². The van der Waals surface area contributed by atoms with E-state index in [9.17, 15) is 14.4 Å². The molecule has 0 spiro atoms. The van der Waals surface area contributed by atoms with Crippen molar-refractivity contribution in [1.82, 2.24) is 4.57 Å². The van der Waals surface area contributed by atoms with Crippen LogP contribution in [0.3, 0.4) is 0 Å². The number of hydrogen-bond acceptors (Lipinski definition) is 8. The molecule has 1 aliphatic heterocycles. The first-order chi connectivity index (χ1) is 20.8. The Hall–Kier alpha value is -5.22. The topological polar surface area (TPSA) is 120 Å². The van der Waals surface area contributed by atoms with Crippen LogP contribution in [0.2, 0.25) is 0 Å². The molecule has 0 amide bonds. The number of nitrogens with zero attached hydrogens (tertiary/aromatic N) is 2. The first-order valence-corrected chi connectivity index (χ1v) is 14.3. The Balaban J connectivity index is 1.50. The van der Waals surface area contributed by atoms with E-state index >= 15 is 0 Å². The van der Waals surface area contributed by atoms with Crippen LogP contribution in [0.4, 0.5) is 0 Å². The van der Waals surface area contributed by atoms with Crippen molar-refractivity contribution in [2.24, 2.45) is 4.99 Å². The number of hydrogen-bond donors (Lipinski definition) is 1. The van der Waals surface area contributed by atoms with Gasteiger partial charge >= 0.3 is 11.9 Å². The first kappa shape index (κ1) is 27.9. The van der Waals surface area contributed by atoms with Crippen LogP contribution in [-0.2, 0) is 9.53 Å². The molecule has 3 aromatic carbocycles. The molecule has 43 heavy (non-hydrogen) atoms. The zero-order valence-corrected chi connectivity index (χ0v) is 24.3.